The first-order chi connectivity index (χ1) is 8.73. The predicted octanol–water partition coefficient (Wildman–Crippen LogP) is 4.06. The molecule has 1 heterocycles. The predicted molar refractivity (Wildman–Crippen MR) is 73.7 cm³/mol. The van der Waals surface area contributed by atoms with Gasteiger partial charge >= 0.3 is 0 Å². The van der Waals surface area contributed by atoms with Crippen molar-refractivity contribution in [1.29, 1.82) is 0 Å². The lowest BCUT2D eigenvalue weighted by Crippen LogP contribution is -2.33. The van der Waals surface area contributed by atoms with Crippen LogP contribution in [0.15, 0.2) is 24.3 Å². The van der Waals surface area contributed by atoms with Gasteiger partial charge < -0.3 is 9.84 Å². The van der Waals surface area contributed by atoms with Crippen molar-refractivity contribution < 1.29 is 9.84 Å². The minimum atomic E-state index is -0.950. The van der Waals surface area contributed by atoms with Crippen molar-refractivity contribution in [1.82, 2.24) is 0 Å². The van der Waals surface area contributed by atoms with Gasteiger partial charge in [0.05, 0.1) is 0 Å². The maximum Gasteiger partial charge on any atom is 0.212 e. The van der Waals surface area contributed by atoms with Crippen LogP contribution in [0.5, 0.6) is 5.75 Å². The average molecular weight is 248 g/mol. The summed E-state index contributed by atoms with van der Waals surface area (Å²) in [5.41, 5.74) is 1.13. The van der Waals surface area contributed by atoms with Gasteiger partial charge in [0, 0.05) is 18.4 Å². The smallest absolute Gasteiger partial charge is 0.212 e. The Morgan fingerprint density at radius 1 is 1.11 bits per heavy atom. The van der Waals surface area contributed by atoms with Gasteiger partial charge in [-0.3, -0.25) is 0 Å². The summed E-state index contributed by atoms with van der Waals surface area (Å²) in [7, 11) is 0. The van der Waals surface area contributed by atoms with E-state index in [9.17, 15) is 5.11 Å². The van der Waals surface area contributed by atoms with Crippen LogP contribution in [0, 0.1) is 0 Å². The fraction of sp³-hybridized carbons (Fsp3) is 0.625. The number of rotatable bonds is 7. The number of aliphatic hydroxyl groups is 1. The molecule has 100 valence electrons. The number of fused-ring (bicyclic) bond motifs is 1. The second-order valence-electron chi connectivity index (χ2n) is 5.35. The van der Waals surface area contributed by atoms with E-state index in [1.165, 1.54) is 32.1 Å². The number of hydrogen-bond donors (Lipinski definition) is 1. The van der Waals surface area contributed by atoms with Crippen LogP contribution in [0.25, 0.3) is 0 Å². The van der Waals surface area contributed by atoms with Crippen molar-refractivity contribution >= 4 is 0 Å². The molecule has 0 bridgehead atoms. The van der Waals surface area contributed by atoms with Crippen LogP contribution in [0.3, 0.4) is 0 Å². The van der Waals surface area contributed by atoms with Crippen LogP contribution < -0.4 is 4.74 Å². The van der Waals surface area contributed by atoms with Gasteiger partial charge in [0.1, 0.15) is 5.75 Å². The lowest BCUT2D eigenvalue weighted by molar-refractivity contribution is -0.127. The third kappa shape index (κ3) is 3.49. The van der Waals surface area contributed by atoms with Gasteiger partial charge in [-0.25, -0.2) is 0 Å². The highest BCUT2D eigenvalue weighted by molar-refractivity contribution is 5.38. The second kappa shape index (κ2) is 6.24. The molecule has 0 fully saturated rings. The SMILES string of the molecule is CCCCCCCCC1(O)Cc2ccccc2O1. The Balaban J connectivity index is 1.71. The molecular weight excluding hydrogens is 224 g/mol. The highest BCUT2D eigenvalue weighted by Crippen LogP contribution is 2.36. The fourth-order valence-corrected chi connectivity index (χ4v) is 2.61. The number of benzene rings is 1. The van der Waals surface area contributed by atoms with E-state index in [0.717, 1.165) is 24.2 Å². The number of unbranched alkanes of at least 4 members (excludes halogenated alkanes) is 5. The molecule has 1 unspecified atom stereocenters. The van der Waals surface area contributed by atoms with E-state index in [0.29, 0.717) is 6.42 Å². The van der Waals surface area contributed by atoms with E-state index in [1.807, 2.05) is 24.3 Å². The number of hydrogen-bond acceptors (Lipinski definition) is 2. The largest absolute Gasteiger partial charge is 0.462 e. The summed E-state index contributed by atoms with van der Waals surface area (Å²) in [5.74, 6) is -0.0972. The molecule has 0 spiro atoms. The Labute approximate surface area is 110 Å². The molecule has 0 amide bonds. The van der Waals surface area contributed by atoms with Crippen molar-refractivity contribution in [2.24, 2.45) is 0 Å². The third-order valence-corrected chi connectivity index (χ3v) is 3.66. The topological polar surface area (TPSA) is 29.5 Å². The fourth-order valence-electron chi connectivity index (χ4n) is 2.61. The Morgan fingerprint density at radius 3 is 2.61 bits per heavy atom. The molecule has 18 heavy (non-hydrogen) atoms. The molecule has 2 rings (SSSR count). The number of ether oxygens (including phenoxy) is 1. The molecule has 1 aromatic carbocycles. The lowest BCUT2D eigenvalue weighted by Gasteiger charge is -2.22. The summed E-state index contributed by atoms with van der Waals surface area (Å²) in [6.07, 6.45) is 8.82. The molecular formula is C16H24O2. The van der Waals surface area contributed by atoms with Gasteiger partial charge in [-0.15, -0.1) is 0 Å². The monoisotopic (exact) mass is 248 g/mol. The summed E-state index contributed by atoms with van der Waals surface area (Å²) in [5, 5.41) is 10.4. The van der Waals surface area contributed by atoms with Crippen LogP contribution in [0.2, 0.25) is 0 Å². The average Bonchev–Trinajstić information content (AvgIpc) is 2.70. The standard InChI is InChI=1S/C16H24O2/c1-2-3-4-5-6-9-12-16(17)13-14-10-7-8-11-15(14)18-16/h7-8,10-11,17H,2-6,9,12-13H2,1H3. The van der Waals surface area contributed by atoms with Crippen LogP contribution in [0.1, 0.15) is 57.4 Å². The van der Waals surface area contributed by atoms with Gasteiger partial charge in [0.2, 0.25) is 5.79 Å². The highest BCUT2D eigenvalue weighted by Gasteiger charge is 2.36. The number of para-hydroxylation sites is 1. The van der Waals surface area contributed by atoms with E-state index in [4.69, 9.17) is 4.74 Å². The second-order valence-corrected chi connectivity index (χ2v) is 5.35. The van der Waals surface area contributed by atoms with Crippen molar-refractivity contribution in [2.75, 3.05) is 0 Å². The van der Waals surface area contributed by atoms with Crippen molar-refractivity contribution in [3.63, 3.8) is 0 Å². The van der Waals surface area contributed by atoms with E-state index in [-0.39, 0.29) is 0 Å². The van der Waals surface area contributed by atoms with Gasteiger partial charge in [-0.2, -0.15) is 0 Å². The van der Waals surface area contributed by atoms with Crippen molar-refractivity contribution in [2.45, 2.75) is 64.1 Å². The first kappa shape index (κ1) is 13.4. The molecule has 0 aliphatic carbocycles. The Kier molecular flexibility index (Phi) is 4.65. The zero-order chi connectivity index (χ0) is 12.8. The summed E-state index contributed by atoms with van der Waals surface area (Å²) < 4.78 is 5.68. The molecule has 1 atom stereocenters. The molecule has 2 nitrogen and oxygen atoms in total. The first-order valence-corrected chi connectivity index (χ1v) is 7.23. The zero-order valence-corrected chi connectivity index (χ0v) is 11.3. The van der Waals surface area contributed by atoms with Crippen molar-refractivity contribution in [3.8, 4) is 5.75 Å². The molecule has 0 saturated carbocycles. The van der Waals surface area contributed by atoms with E-state index in [1.54, 1.807) is 0 Å². The van der Waals surface area contributed by atoms with Gasteiger partial charge in [0.25, 0.3) is 0 Å². The van der Waals surface area contributed by atoms with Crippen LogP contribution in [-0.4, -0.2) is 10.9 Å². The molecule has 1 aliphatic rings. The summed E-state index contributed by atoms with van der Waals surface area (Å²) in [6.45, 7) is 2.23. The quantitative estimate of drug-likeness (QED) is 0.737. The van der Waals surface area contributed by atoms with Gasteiger partial charge in [-0.05, 0) is 12.5 Å². The maximum atomic E-state index is 10.4. The zero-order valence-electron chi connectivity index (χ0n) is 11.3. The molecule has 2 heteroatoms. The maximum absolute atomic E-state index is 10.4. The summed E-state index contributed by atoms with van der Waals surface area (Å²) in [4.78, 5) is 0. The molecule has 1 N–H and O–H groups in total. The van der Waals surface area contributed by atoms with Crippen molar-refractivity contribution in [3.05, 3.63) is 29.8 Å². The van der Waals surface area contributed by atoms with Crippen LogP contribution in [-0.2, 0) is 6.42 Å². The molecule has 0 aromatic heterocycles. The Bertz CT molecular complexity index is 348. The highest BCUT2D eigenvalue weighted by atomic mass is 16.6. The third-order valence-electron chi connectivity index (χ3n) is 3.66. The molecule has 1 aromatic rings. The molecule has 1 aliphatic heterocycles. The van der Waals surface area contributed by atoms with Crippen LogP contribution in [0.4, 0.5) is 0 Å². The first-order valence-electron chi connectivity index (χ1n) is 7.23. The van der Waals surface area contributed by atoms with Gasteiger partial charge in [0.15, 0.2) is 0 Å². The Morgan fingerprint density at radius 2 is 1.83 bits per heavy atom. The van der Waals surface area contributed by atoms with E-state index in [2.05, 4.69) is 6.92 Å². The molecule has 0 radical (unpaired) electrons. The normalized spacial score (nSPS) is 21.7. The Hall–Kier alpha value is -1.02. The van der Waals surface area contributed by atoms with Crippen LogP contribution >= 0.6 is 0 Å². The van der Waals surface area contributed by atoms with Gasteiger partial charge in [-0.1, -0.05) is 57.2 Å². The van der Waals surface area contributed by atoms with E-state index >= 15 is 0 Å². The minimum Gasteiger partial charge on any atom is -0.462 e. The van der Waals surface area contributed by atoms with E-state index < -0.39 is 5.79 Å². The summed E-state index contributed by atoms with van der Waals surface area (Å²) >= 11 is 0. The molecule has 0 saturated heterocycles. The summed E-state index contributed by atoms with van der Waals surface area (Å²) in [6, 6.07) is 7.93. The minimum absolute atomic E-state index is 0.637. The lowest BCUT2D eigenvalue weighted by atomic mass is 10.0.